The van der Waals surface area contributed by atoms with E-state index >= 15 is 0 Å². The van der Waals surface area contributed by atoms with Crippen LogP contribution >= 0.6 is 0 Å². The first-order chi connectivity index (χ1) is 13.1. The van der Waals surface area contributed by atoms with Gasteiger partial charge in [0.05, 0.1) is 17.6 Å². The van der Waals surface area contributed by atoms with E-state index in [1.807, 2.05) is 56.3 Å². The van der Waals surface area contributed by atoms with Crippen molar-refractivity contribution in [2.75, 3.05) is 0 Å². The van der Waals surface area contributed by atoms with E-state index in [1.165, 1.54) is 11.1 Å². The molecule has 0 saturated carbocycles. The molecule has 4 rings (SSSR count). The molecule has 2 atom stereocenters. The Morgan fingerprint density at radius 3 is 2.33 bits per heavy atom. The van der Waals surface area contributed by atoms with Crippen molar-refractivity contribution in [1.29, 1.82) is 5.26 Å². The third kappa shape index (κ3) is 3.08. The average molecular weight is 354 g/mol. The van der Waals surface area contributed by atoms with Crippen LogP contribution in [-0.4, -0.2) is 5.78 Å². The van der Waals surface area contributed by atoms with Crippen molar-refractivity contribution in [3.63, 3.8) is 0 Å². The van der Waals surface area contributed by atoms with E-state index in [2.05, 4.69) is 23.5 Å². The summed E-state index contributed by atoms with van der Waals surface area (Å²) in [5, 5.41) is 13.1. The fourth-order valence-corrected chi connectivity index (χ4v) is 4.24. The molecule has 2 aromatic carbocycles. The zero-order valence-electron chi connectivity index (χ0n) is 15.6. The Labute approximate surface area is 160 Å². The molecule has 0 aromatic heterocycles. The molecule has 0 radical (unpaired) electrons. The van der Waals surface area contributed by atoms with E-state index in [1.54, 1.807) is 0 Å². The van der Waals surface area contributed by atoms with Crippen molar-refractivity contribution in [2.45, 2.75) is 38.5 Å². The summed E-state index contributed by atoms with van der Waals surface area (Å²) >= 11 is 0. The number of nitrogens with one attached hydrogen (secondary N) is 1. The third-order valence-corrected chi connectivity index (χ3v) is 5.63. The lowest BCUT2D eigenvalue weighted by Gasteiger charge is -2.35. The van der Waals surface area contributed by atoms with Crippen LogP contribution in [-0.2, 0) is 4.79 Å². The molecule has 0 unspecified atom stereocenters. The second-order valence-electron chi connectivity index (χ2n) is 7.45. The molecule has 1 aliphatic carbocycles. The predicted molar refractivity (Wildman–Crippen MR) is 106 cm³/mol. The zero-order valence-corrected chi connectivity index (χ0v) is 15.6. The van der Waals surface area contributed by atoms with Gasteiger partial charge in [0.15, 0.2) is 5.78 Å². The smallest absolute Gasteiger partial charge is 0.162 e. The van der Waals surface area contributed by atoms with E-state index in [0.717, 1.165) is 29.0 Å². The lowest BCUT2D eigenvalue weighted by atomic mass is 9.72. The number of ketones is 1. The molecule has 0 spiro atoms. The monoisotopic (exact) mass is 354 g/mol. The summed E-state index contributed by atoms with van der Waals surface area (Å²) in [5.74, 6) is 0.0551. The van der Waals surface area contributed by atoms with Gasteiger partial charge in [0.25, 0.3) is 0 Å². The molecule has 0 amide bonds. The van der Waals surface area contributed by atoms with Gasteiger partial charge in [0, 0.05) is 23.4 Å². The number of carbonyl (C=O) groups excluding carboxylic acids is 1. The molecule has 3 heteroatoms. The number of benzene rings is 2. The number of allylic oxidation sites excluding steroid dienone is 4. The van der Waals surface area contributed by atoms with Gasteiger partial charge < -0.3 is 5.32 Å². The van der Waals surface area contributed by atoms with E-state index < -0.39 is 0 Å². The summed E-state index contributed by atoms with van der Waals surface area (Å²) in [6.45, 7) is 3.97. The van der Waals surface area contributed by atoms with Crippen LogP contribution in [0.15, 0.2) is 77.1 Å². The van der Waals surface area contributed by atoms with E-state index in [9.17, 15) is 10.1 Å². The molecule has 1 aliphatic heterocycles. The Kier molecular flexibility index (Phi) is 4.41. The molecule has 2 aliphatic rings. The average Bonchev–Trinajstić information content (AvgIpc) is 2.68. The lowest BCUT2D eigenvalue weighted by Crippen LogP contribution is -2.33. The van der Waals surface area contributed by atoms with Gasteiger partial charge in [-0.15, -0.1) is 0 Å². The van der Waals surface area contributed by atoms with Crippen LogP contribution in [0.3, 0.4) is 0 Å². The second kappa shape index (κ2) is 6.89. The zero-order chi connectivity index (χ0) is 19.0. The molecule has 0 fully saturated rings. The number of nitrogens with zero attached hydrogens (tertiary/aromatic N) is 1. The van der Waals surface area contributed by atoms with Gasteiger partial charge >= 0.3 is 0 Å². The predicted octanol–water partition coefficient (Wildman–Crippen LogP) is 4.88. The molecule has 1 N–H and O–H groups in total. The minimum atomic E-state index is -0.268. The summed E-state index contributed by atoms with van der Waals surface area (Å²) in [4.78, 5) is 13.2. The van der Waals surface area contributed by atoms with Crippen LogP contribution in [0.25, 0.3) is 0 Å². The number of Topliss-reactive ketones (excluding diaryl/α,β-unsaturated/α-hetero) is 1. The third-order valence-electron chi connectivity index (χ3n) is 5.63. The highest BCUT2D eigenvalue weighted by molar-refractivity contribution is 6.00. The van der Waals surface area contributed by atoms with Crippen molar-refractivity contribution < 1.29 is 4.79 Å². The topological polar surface area (TPSA) is 52.9 Å². The molecular weight excluding hydrogens is 332 g/mol. The van der Waals surface area contributed by atoms with Crippen LogP contribution in [0.4, 0.5) is 0 Å². The fourth-order valence-electron chi connectivity index (χ4n) is 4.24. The van der Waals surface area contributed by atoms with Gasteiger partial charge in [-0.25, -0.2) is 0 Å². The van der Waals surface area contributed by atoms with Gasteiger partial charge in [-0.3, -0.25) is 4.79 Å². The Bertz CT molecular complexity index is 991. The number of hydrogen-bond donors (Lipinski definition) is 1. The van der Waals surface area contributed by atoms with Crippen LogP contribution in [0.5, 0.6) is 0 Å². The van der Waals surface area contributed by atoms with E-state index in [-0.39, 0.29) is 17.6 Å². The second-order valence-corrected chi connectivity index (χ2v) is 7.45. The van der Waals surface area contributed by atoms with Crippen LogP contribution in [0.2, 0.25) is 0 Å². The Morgan fingerprint density at radius 2 is 1.67 bits per heavy atom. The van der Waals surface area contributed by atoms with E-state index in [0.29, 0.717) is 12.0 Å². The summed E-state index contributed by atoms with van der Waals surface area (Å²) in [6.07, 6.45) is 1.29. The first-order valence-electron chi connectivity index (χ1n) is 9.34. The summed E-state index contributed by atoms with van der Waals surface area (Å²) in [6, 6.07) is 20.7. The van der Waals surface area contributed by atoms with Crippen molar-refractivity contribution in [3.8, 4) is 6.07 Å². The van der Waals surface area contributed by atoms with Gasteiger partial charge in [-0.05, 0) is 37.3 Å². The Morgan fingerprint density at radius 1 is 0.963 bits per heavy atom. The SMILES string of the molecule is CC1=C(C#N)[C@@H](c2ccc(C)cc2)C2=C(C[C@H](c3ccccc3)CC2=O)N1. The largest absolute Gasteiger partial charge is 0.361 e. The molecule has 2 aromatic rings. The maximum Gasteiger partial charge on any atom is 0.162 e. The number of aryl methyl sites for hydroxylation is 1. The summed E-state index contributed by atoms with van der Waals surface area (Å²) < 4.78 is 0. The Balaban J connectivity index is 1.79. The number of rotatable bonds is 2. The highest BCUT2D eigenvalue weighted by Crippen LogP contribution is 2.45. The van der Waals surface area contributed by atoms with Crippen molar-refractivity contribution in [1.82, 2.24) is 5.32 Å². The molecule has 0 bridgehead atoms. The standard InChI is InChI=1S/C24H22N2O/c1-15-8-10-18(11-9-15)23-20(14-25)16(2)26-21-12-19(13-22(27)24(21)23)17-6-4-3-5-7-17/h3-11,19,23,26H,12-13H2,1-2H3/t19-,23+/m0/s1. The van der Waals surface area contributed by atoms with Gasteiger partial charge in [0.2, 0.25) is 0 Å². The van der Waals surface area contributed by atoms with Gasteiger partial charge in [-0.1, -0.05) is 60.2 Å². The number of dihydropyridines is 1. The number of carbonyl (C=O) groups is 1. The highest BCUT2D eigenvalue weighted by atomic mass is 16.1. The van der Waals surface area contributed by atoms with Crippen molar-refractivity contribution in [3.05, 3.63) is 93.8 Å². The molecular formula is C24H22N2O. The highest BCUT2D eigenvalue weighted by Gasteiger charge is 2.38. The molecule has 0 saturated heterocycles. The number of nitriles is 1. The molecule has 3 nitrogen and oxygen atoms in total. The first kappa shape index (κ1) is 17.3. The van der Waals surface area contributed by atoms with Crippen molar-refractivity contribution >= 4 is 5.78 Å². The fraction of sp³-hybridized carbons (Fsp3) is 0.250. The van der Waals surface area contributed by atoms with Crippen LogP contribution < -0.4 is 5.32 Å². The quantitative estimate of drug-likeness (QED) is 0.836. The summed E-state index contributed by atoms with van der Waals surface area (Å²) in [5.41, 5.74) is 6.61. The van der Waals surface area contributed by atoms with Crippen molar-refractivity contribution in [2.24, 2.45) is 0 Å². The minimum Gasteiger partial charge on any atom is -0.361 e. The Hall–Kier alpha value is -3.12. The van der Waals surface area contributed by atoms with Crippen LogP contribution in [0.1, 0.15) is 48.3 Å². The van der Waals surface area contributed by atoms with Crippen LogP contribution in [0, 0.1) is 18.3 Å². The molecule has 134 valence electrons. The lowest BCUT2D eigenvalue weighted by molar-refractivity contribution is -0.116. The normalized spacial score (nSPS) is 22.2. The van der Waals surface area contributed by atoms with Gasteiger partial charge in [0.1, 0.15) is 0 Å². The maximum absolute atomic E-state index is 13.2. The first-order valence-corrected chi connectivity index (χ1v) is 9.34. The number of hydrogen-bond acceptors (Lipinski definition) is 3. The summed E-state index contributed by atoms with van der Waals surface area (Å²) in [7, 11) is 0. The maximum atomic E-state index is 13.2. The van der Waals surface area contributed by atoms with E-state index in [4.69, 9.17) is 0 Å². The molecule has 27 heavy (non-hydrogen) atoms. The molecule has 1 heterocycles. The minimum absolute atomic E-state index is 0.142. The van der Waals surface area contributed by atoms with Gasteiger partial charge in [-0.2, -0.15) is 5.26 Å².